The molecule has 6 heteroatoms. The molecule has 0 aliphatic carbocycles. The average Bonchev–Trinajstić information content (AvgIpc) is 2.64. The van der Waals surface area contributed by atoms with Crippen LogP contribution in [0.15, 0.2) is 24.5 Å². The number of hydrogen-bond acceptors (Lipinski definition) is 4. The Morgan fingerprint density at radius 1 is 1.24 bits per heavy atom. The van der Waals surface area contributed by atoms with Gasteiger partial charge in [0.2, 0.25) is 11.8 Å². The maximum atomic E-state index is 12.1. The van der Waals surface area contributed by atoms with Crippen LogP contribution >= 0.6 is 0 Å². The number of likely N-dealkylation sites (tertiary alicyclic amines) is 2. The van der Waals surface area contributed by atoms with Crippen molar-refractivity contribution in [1.82, 2.24) is 20.1 Å². The number of nitrogens with one attached hydrogen (secondary N) is 1. The molecular formula is C19H28N4O2. The van der Waals surface area contributed by atoms with Gasteiger partial charge in [0.25, 0.3) is 0 Å². The molecule has 2 saturated heterocycles. The van der Waals surface area contributed by atoms with Gasteiger partial charge in [0.15, 0.2) is 0 Å². The first-order valence-corrected chi connectivity index (χ1v) is 9.36. The first kappa shape index (κ1) is 17.9. The van der Waals surface area contributed by atoms with Crippen molar-refractivity contribution < 1.29 is 9.59 Å². The van der Waals surface area contributed by atoms with Crippen LogP contribution in [-0.2, 0) is 16.1 Å². The SMILES string of the molecule is O=C(CN1CCC(CN2CCCCC2=O)CC1)NCc1cccnc1. The molecule has 0 atom stereocenters. The summed E-state index contributed by atoms with van der Waals surface area (Å²) >= 11 is 0. The zero-order chi connectivity index (χ0) is 17.5. The summed E-state index contributed by atoms with van der Waals surface area (Å²) in [4.78, 5) is 32.3. The minimum Gasteiger partial charge on any atom is -0.351 e. The van der Waals surface area contributed by atoms with E-state index in [-0.39, 0.29) is 5.91 Å². The number of carbonyl (C=O) groups excluding carboxylic acids is 2. The summed E-state index contributed by atoms with van der Waals surface area (Å²) in [7, 11) is 0. The summed E-state index contributed by atoms with van der Waals surface area (Å²) in [5, 5.41) is 2.96. The van der Waals surface area contributed by atoms with Crippen molar-refractivity contribution in [1.29, 1.82) is 0 Å². The molecule has 2 fully saturated rings. The molecule has 2 aliphatic rings. The van der Waals surface area contributed by atoms with Crippen LogP contribution in [-0.4, -0.2) is 59.3 Å². The lowest BCUT2D eigenvalue weighted by molar-refractivity contribution is -0.134. The van der Waals surface area contributed by atoms with Crippen LogP contribution in [0.1, 0.15) is 37.7 Å². The standard InChI is InChI=1S/C19H28N4O2/c24-18(21-13-17-4-3-8-20-12-17)15-22-10-6-16(7-11-22)14-23-9-2-1-5-19(23)25/h3-4,8,12,16H,1-2,5-7,9-11,13-15H2,(H,21,24). The van der Waals surface area contributed by atoms with Crippen molar-refractivity contribution in [2.24, 2.45) is 5.92 Å². The largest absolute Gasteiger partial charge is 0.351 e. The van der Waals surface area contributed by atoms with E-state index in [9.17, 15) is 9.59 Å². The molecule has 1 N–H and O–H groups in total. The third-order valence-corrected chi connectivity index (χ3v) is 5.19. The fraction of sp³-hybridized carbons (Fsp3) is 0.632. The molecule has 1 aromatic rings. The van der Waals surface area contributed by atoms with Crippen molar-refractivity contribution >= 4 is 11.8 Å². The molecule has 0 spiro atoms. The lowest BCUT2D eigenvalue weighted by Crippen LogP contribution is -2.45. The second-order valence-electron chi connectivity index (χ2n) is 7.15. The van der Waals surface area contributed by atoms with Gasteiger partial charge in [-0.2, -0.15) is 0 Å². The molecule has 2 aliphatic heterocycles. The Labute approximate surface area is 149 Å². The van der Waals surface area contributed by atoms with Gasteiger partial charge in [-0.05, 0) is 56.3 Å². The van der Waals surface area contributed by atoms with E-state index in [1.807, 2.05) is 17.0 Å². The van der Waals surface area contributed by atoms with Crippen LogP contribution in [0.4, 0.5) is 0 Å². The molecule has 0 radical (unpaired) electrons. The Hall–Kier alpha value is -1.95. The number of hydrogen-bond donors (Lipinski definition) is 1. The number of rotatable bonds is 6. The highest BCUT2D eigenvalue weighted by molar-refractivity contribution is 5.78. The highest BCUT2D eigenvalue weighted by Crippen LogP contribution is 2.20. The van der Waals surface area contributed by atoms with E-state index in [1.165, 1.54) is 0 Å². The van der Waals surface area contributed by atoms with E-state index in [1.54, 1.807) is 12.4 Å². The van der Waals surface area contributed by atoms with Crippen molar-refractivity contribution in [3.8, 4) is 0 Å². The first-order valence-electron chi connectivity index (χ1n) is 9.36. The quantitative estimate of drug-likeness (QED) is 0.848. The predicted octanol–water partition coefficient (Wildman–Crippen LogP) is 1.42. The lowest BCUT2D eigenvalue weighted by atomic mass is 9.95. The zero-order valence-corrected chi connectivity index (χ0v) is 14.8. The molecule has 2 amide bonds. The summed E-state index contributed by atoms with van der Waals surface area (Å²) in [5.74, 6) is 0.966. The number of pyridine rings is 1. The molecule has 0 aromatic carbocycles. The second kappa shape index (κ2) is 8.94. The van der Waals surface area contributed by atoms with Gasteiger partial charge < -0.3 is 10.2 Å². The Morgan fingerprint density at radius 2 is 2.08 bits per heavy atom. The van der Waals surface area contributed by atoms with Gasteiger partial charge in [-0.3, -0.25) is 19.5 Å². The molecule has 6 nitrogen and oxygen atoms in total. The van der Waals surface area contributed by atoms with Crippen LogP contribution in [0.5, 0.6) is 0 Å². The first-order chi connectivity index (χ1) is 12.2. The maximum absolute atomic E-state index is 12.1. The average molecular weight is 344 g/mol. The van der Waals surface area contributed by atoms with Gasteiger partial charge in [0, 0.05) is 38.4 Å². The van der Waals surface area contributed by atoms with Crippen LogP contribution in [0.3, 0.4) is 0 Å². The van der Waals surface area contributed by atoms with Crippen LogP contribution in [0.2, 0.25) is 0 Å². The number of nitrogens with zero attached hydrogens (tertiary/aromatic N) is 3. The monoisotopic (exact) mass is 344 g/mol. The molecule has 136 valence electrons. The molecule has 0 saturated carbocycles. The molecule has 1 aromatic heterocycles. The van der Waals surface area contributed by atoms with Gasteiger partial charge in [0.1, 0.15) is 0 Å². The third-order valence-electron chi connectivity index (χ3n) is 5.19. The van der Waals surface area contributed by atoms with E-state index in [2.05, 4.69) is 15.2 Å². The Balaban J connectivity index is 1.34. The van der Waals surface area contributed by atoms with Gasteiger partial charge in [-0.25, -0.2) is 0 Å². The van der Waals surface area contributed by atoms with Gasteiger partial charge in [0.05, 0.1) is 6.54 Å². The number of piperidine rings is 2. The van der Waals surface area contributed by atoms with Gasteiger partial charge in [-0.1, -0.05) is 6.07 Å². The molecule has 0 bridgehead atoms. The maximum Gasteiger partial charge on any atom is 0.234 e. The van der Waals surface area contributed by atoms with Crippen molar-refractivity contribution in [3.05, 3.63) is 30.1 Å². The van der Waals surface area contributed by atoms with E-state index >= 15 is 0 Å². The van der Waals surface area contributed by atoms with Crippen molar-refractivity contribution in [3.63, 3.8) is 0 Å². The fourth-order valence-electron chi connectivity index (χ4n) is 3.66. The van der Waals surface area contributed by atoms with Gasteiger partial charge in [-0.15, -0.1) is 0 Å². The summed E-state index contributed by atoms with van der Waals surface area (Å²) < 4.78 is 0. The van der Waals surface area contributed by atoms with Gasteiger partial charge >= 0.3 is 0 Å². The highest BCUT2D eigenvalue weighted by atomic mass is 16.2. The Morgan fingerprint density at radius 3 is 2.80 bits per heavy atom. The fourth-order valence-corrected chi connectivity index (χ4v) is 3.66. The summed E-state index contributed by atoms with van der Waals surface area (Å²) in [6, 6.07) is 3.83. The van der Waals surface area contributed by atoms with Crippen LogP contribution < -0.4 is 5.32 Å². The Kier molecular flexibility index (Phi) is 6.39. The Bertz CT molecular complexity index is 570. The van der Waals surface area contributed by atoms with Crippen LogP contribution in [0.25, 0.3) is 0 Å². The van der Waals surface area contributed by atoms with E-state index in [0.717, 1.165) is 63.8 Å². The summed E-state index contributed by atoms with van der Waals surface area (Å²) in [6.07, 6.45) is 8.54. The van der Waals surface area contributed by atoms with E-state index in [0.29, 0.717) is 24.9 Å². The van der Waals surface area contributed by atoms with Crippen molar-refractivity contribution in [2.45, 2.75) is 38.6 Å². The topological polar surface area (TPSA) is 65.5 Å². The predicted molar refractivity (Wildman–Crippen MR) is 95.7 cm³/mol. The number of amides is 2. The number of carbonyl (C=O) groups is 2. The summed E-state index contributed by atoms with van der Waals surface area (Å²) in [5.41, 5.74) is 1.01. The molecule has 0 unspecified atom stereocenters. The number of aromatic nitrogens is 1. The van der Waals surface area contributed by atoms with Crippen molar-refractivity contribution in [2.75, 3.05) is 32.7 Å². The second-order valence-corrected chi connectivity index (χ2v) is 7.15. The van der Waals surface area contributed by atoms with Crippen LogP contribution in [0, 0.1) is 5.92 Å². The normalized spacial score (nSPS) is 19.8. The molecular weight excluding hydrogens is 316 g/mol. The third kappa shape index (κ3) is 5.53. The van der Waals surface area contributed by atoms with E-state index in [4.69, 9.17) is 0 Å². The molecule has 3 rings (SSSR count). The minimum atomic E-state index is 0.0634. The minimum absolute atomic E-state index is 0.0634. The molecule has 25 heavy (non-hydrogen) atoms. The lowest BCUT2D eigenvalue weighted by Gasteiger charge is -2.35. The van der Waals surface area contributed by atoms with E-state index < -0.39 is 0 Å². The highest BCUT2D eigenvalue weighted by Gasteiger charge is 2.25. The smallest absolute Gasteiger partial charge is 0.234 e. The zero-order valence-electron chi connectivity index (χ0n) is 14.8. The summed E-state index contributed by atoms with van der Waals surface area (Å²) in [6.45, 7) is 4.69. The molecule has 3 heterocycles.